The summed E-state index contributed by atoms with van der Waals surface area (Å²) in [7, 11) is 0. The summed E-state index contributed by atoms with van der Waals surface area (Å²) in [5.74, 6) is 0.112. The Morgan fingerprint density at radius 1 is 1.67 bits per heavy atom. The summed E-state index contributed by atoms with van der Waals surface area (Å²) in [5, 5.41) is 23.8. The highest BCUT2D eigenvalue weighted by Gasteiger charge is 2.22. The van der Waals surface area contributed by atoms with Crippen LogP contribution in [0.3, 0.4) is 0 Å². The molecule has 1 atom stereocenters. The van der Waals surface area contributed by atoms with Crippen LogP contribution in [0.5, 0.6) is 0 Å². The first kappa shape index (κ1) is 14.7. The Morgan fingerprint density at radius 3 is 2.89 bits per heavy atom. The van der Waals surface area contributed by atoms with Crippen molar-refractivity contribution in [1.82, 2.24) is 4.98 Å². The average molecular weight is 274 g/mol. The summed E-state index contributed by atoms with van der Waals surface area (Å²) in [6.45, 7) is 3.82. The Labute approximate surface area is 110 Å². The maximum atomic E-state index is 10.8. The van der Waals surface area contributed by atoms with Gasteiger partial charge in [0.2, 0.25) is 5.82 Å². The van der Waals surface area contributed by atoms with Gasteiger partial charge in [0.05, 0.1) is 15.5 Å². The van der Waals surface area contributed by atoms with Crippen LogP contribution in [-0.4, -0.2) is 27.2 Å². The second-order valence-electron chi connectivity index (χ2n) is 4.38. The normalized spacial score (nSPS) is 14.0. The largest absolute Gasteiger partial charge is 0.388 e. The molecule has 0 aliphatic heterocycles. The van der Waals surface area contributed by atoms with Crippen molar-refractivity contribution < 1.29 is 10.0 Å². The summed E-state index contributed by atoms with van der Waals surface area (Å²) in [6.07, 6.45) is 2.75. The molecule has 0 aliphatic rings. The van der Waals surface area contributed by atoms with Gasteiger partial charge < -0.3 is 10.4 Å². The minimum Gasteiger partial charge on any atom is -0.388 e. The highest BCUT2D eigenvalue weighted by molar-refractivity contribution is 6.30. The van der Waals surface area contributed by atoms with Crippen LogP contribution >= 0.6 is 11.6 Å². The van der Waals surface area contributed by atoms with E-state index in [9.17, 15) is 15.2 Å². The first-order valence-corrected chi connectivity index (χ1v) is 5.99. The number of anilines is 1. The zero-order chi connectivity index (χ0) is 13.8. The number of nitrogens with one attached hydrogen (secondary N) is 1. The molecule has 0 amide bonds. The minimum absolute atomic E-state index is 0.112. The molecule has 1 aromatic rings. The van der Waals surface area contributed by atoms with Gasteiger partial charge >= 0.3 is 5.69 Å². The lowest BCUT2D eigenvalue weighted by Gasteiger charge is -2.23. The number of halogens is 1. The predicted molar refractivity (Wildman–Crippen MR) is 69.9 cm³/mol. The van der Waals surface area contributed by atoms with Gasteiger partial charge in [0.25, 0.3) is 0 Å². The van der Waals surface area contributed by atoms with Crippen LogP contribution in [0.4, 0.5) is 11.5 Å². The van der Waals surface area contributed by atoms with Crippen LogP contribution in [0.15, 0.2) is 12.3 Å². The molecule has 0 saturated heterocycles. The van der Waals surface area contributed by atoms with Crippen molar-refractivity contribution in [3.8, 4) is 0 Å². The molecule has 0 fully saturated rings. The topological polar surface area (TPSA) is 88.3 Å². The van der Waals surface area contributed by atoms with Crippen molar-refractivity contribution in [1.29, 1.82) is 0 Å². The lowest BCUT2D eigenvalue weighted by Crippen LogP contribution is -2.33. The minimum atomic E-state index is -0.927. The molecule has 0 aliphatic carbocycles. The van der Waals surface area contributed by atoms with Gasteiger partial charge in [-0.25, -0.2) is 4.98 Å². The molecule has 1 heterocycles. The Balaban J connectivity index is 2.82. The molecule has 0 spiro atoms. The van der Waals surface area contributed by atoms with Crippen LogP contribution in [0.2, 0.25) is 5.02 Å². The van der Waals surface area contributed by atoms with E-state index in [0.29, 0.717) is 6.42 Å². The zero-order valence-corrected chi connectivity index (χ0v) is 11.1. The molecule has 7 heteroatoms. The molecule has 2 N–H and O–H groups in total. The third-order valence-corrected chi connectivity index (χ3v) is 2.66. The molecule has 6 nitrogen and oxygen atoms in total. The maximum Gasteiger partial charge on any atom is 0.312 e. The van der Waals surface area contributed by atoms with Gasteiger partial charge in [0.1, 0.15) is 0 Å². The summed E-state index contributed by atoms with van der Waals surface area (Å²) >= 11 is 5.66. The fraction of sp³-hybridized carbons (Fsp3) is 0.545. The molecule has 1 unspecified atom stereocenters. The van der Waals surface area contributed by atoms with Crippen LogP contribution in [-0.2, 0) is 0 Å². The third kappa shape index (κ3) is 4.12. The number of nitrogens with zero attached hydrogens (tertiary/aromatic N) is 2. The number of nitro groups is 1. The monoisotopic (exact) mass is 273 g/mol. The molecule has 1 aromatic heterocycles. The van der Waals surface area contributed by atoms with E-state index >= 15 is 0 Å². The van der Waals surface area contributed by atoms with Crippen molar-refractivity contribution in [2.75, 3.05) is 11.9 Å². The number of aromatic nitrogens is 1. The van der Waals surface area contributed by atoms with E-state index in [1.54, 1.807) is 6.92 Å². The molecule has 100 valence electrons. The Kier molecular flexibility index (Phi) is 4.86. The SMILES string of the molecule is CCCC(C)(O)CNc1ncc(Cl)cc1[N+](=O)[O-]. The number of hydrogen-bond acceptors (Lipinski definition) is 5. The van der Waals surface area contributed by atoms with Gasteiger partial charge in [0.15, 0.2) is 0 Å². The molecular formula is C11H16ClN3O3. The molecule has 0 saturated carbocycles. The van der Waals surface area contributed by atoms with Gasteiger partial charge in [-0.3, -0.25) is 10.1 Å². The highest BCUT2D eigenvalue weighted by atomic mass is 35.5. The van der Waals surface area contributed by atoms with Crippen molar-refractivity contribution in [3.63, 3.8) is 0 Å². The first-order valence-electron chi connectivity index (χ1n) is 5.62. The molecule has 1 rings (SSSR count). The van der Waals surface area contributed by atoms with Crippen LogP contribution in [0, 0.1) is 10.1 Å². The Morgan fingerprint density at radius 2 is 2.33 bits per heavy atom. The van der Waals surface area contributed by atoms with E-state index in [1.807, 2.05) is 6.92 Å². The Hall–Kier alpha value is -1.40. The van der Waals surface area contributed by atoms with Crippen LogP contribution < -0.4 is 5.32 Å². The zero-order valence-electron chi connectivity index (χ0n) is 10.3. The van der Waals surface area contributed by atoms with Gasteiger partial charge in [0, 0.05) is 18.8 Å². The molecule has 0 radical (unpaired) electrons. The van der Waals surface area contributed by atoms with E-state index in [4.69, 9.17) is 11.6 Å². The lowest BCUT2D eigenvalue weighted by atomic mass is 10.0. The lowest BCUT2D eigenvalue weighted by molar-refractivity contribution is -0.384. The number of hydrogen-bond donors (Lipinski definition) is 2. The van der Waals surface area contributed by atoms with E-state index < -0.39 is 10.5 Å². The Bertz CT molecular complexity index is 438. The van der Waals surface area contributed by atoms with Crippen LogP contribution in [0.1, 0.15) is 26.7 Å². The van der Waals surface area contributed by atoms with E-state index in [1.165, 1.54) is 12.3 Å². The van der Waals surface area contributed by atoms with Crippen molar-refractivity contribution in [3.05, 3.63) is 27.4 Å². The first-order chi connectivity index (χ1) is 8.35. The van der Waals surface area contributed by atoms with E-state index in [-0.39, 0.29) is 23.1 Å². The molecule has 0 aromatic carbocycles. The molecule has 0 bridgehead atoms. The quantitative estimate of drug-likeness (QED) is 0.614. The summed E-state index contributed by atoms with van der Waals surface area (Å²) in [4.78, 5) is 14.1. The standard InChI is InChI=1S/C11H16ClN3O3/c1-3-4-11(2,16)7-14-10-9(15(17)18)5-8(12)6-13-10/h5-6,16H,3-4,7H2,1-2H3,(H,13,14). The fourth-order valence-electron chi connectivity index (χ4n) is 1.61. The van der Waals surface area contributed by atoms with E-state index in [2.05, 4.69) is 10.3 Å². The molecule has 18 heavy (non-hydrogen) atoms. The summed E-state index contributed by atoms with van der Waals surface area (Å²) in [5.41, 5.74) is -1.13. The maximum absolute atomic E-state index is 10.8. The third-order valence-electron chi connectivity index (χ3n) is 2.46. The fourth-order valence-corrected chi connectivity index (χ4v) is 1.76. The number of pyridine rings is 1. The second-order valence-corrected chi connectivity index (χ2v) is 4.82. The second kappa shape index (κ2) is 5.97. The average Bonchev–Trinajstić information content (AvgIpc) is 2.27. The number of rotatable bonds is 6. The predicted octanol–water partition coefficient (Wildman–Crippen LogP) is 2.61. The van der Waals surface area contributed by atoms with Crippen molar-refractivity contribution >= 4 is 23.1 Å². The van der Waals surface area contributed by atoms with Gasteiger partial charge in [-0.2, -0.15) is 0 Å². The smallest absolute Gasteiger partial charge is 0.312 e. The van der Waals surface area contributed by atoms with Gasteiger partial charge in [-0.1, -0.05) is 24.9 Å². The summed E-state index contributed by atoms with van der Waals surface area (Å²) in [6, 6.07) is 1.23. The van der Waals surface area contributed by atoms with E-state index in [0.717, 1.165) is 6.42 Å². The van der Waals surface area contributed by atoms with Gasteiger partial charge in [-0.15, -0.1) is 0 Å². The van der Waals surface area contributed by atoms with Crippen molar-refractivity contribution in [2.24, 2.45) is 0 Å². The van der Waals surface area contributed by atoms with Crippen molar-refractivity contribution in [2.45, 2.75) is 32.3 Å². The van der Waals surface area contributed by atoms with Crippen LogP contribution in [0.25, 0.3) is 0 Å². The number of aliphatic hydroxyl groups is 1. The van der Waals surface area contributed by atoms with Gasteiger partial charge in [-0.05, 0) is 13.3 Å². The molecular weight excluding hydrogens is 258 g/mol. The highest BCUT2D eigenvalue weighted by Crippen LogP contribution is 2.25. The summed E-state index contributed by atoms with van der Waals surface area (Å²) < 4.78 is 0.